The number of fused-ring (bicyclic) bond motifs is 2. The normalized spacial score (nSPS) is 16.0. The predicted octanol–water partition coefficient (Wildman–Crippen LogP) is 3.71. The predicted molar refractivity (Wildman–Crippen MR) is 127 cm³/mol. The number of benzene rings is 2. The smallest absolute Gasteiger partial charge is 0.256 e. The van der Waals surface area contributed by atoms with Crippen LogP contribution in [0.3, 0.4) is 0 Å². The van der Waals surface area contributed by atoms with E-state index < -0.39 is 0 Å². The summed E-state index contributed by atoms with van der Waals surface area (Å²) in [5.74, 6) is 1.34. The third-order valence-corrected chi connectivity index (χ3v) is 6.77. The Morgan fingerprint density at radius 1 is 1.15 bits per heavy atom. The molecule has 1 amide bonds. The van der Waals surface area contributed by atoms with E-state index in [0.717, 1.165) is 61.6 Å². The van der Waals surface area contributed by atoms with E-state index in [9.17, 15) is 4.79 Å². The van der Waals surface area contributed by atoms with Crippen molar-refractivity contribution >= 4 is 33.3 Å². The number of hydrogen-bond donors (Lipinski definition) is 2. The number of aromatic amines is 1. The minimum absolute atomic E-state index is 0.167. The first-order valence-electron chi connectivity index (χ1n) is 11.0. The third kappa shape index (κ3) is 4.10. The Bertz CT molecular complexity index is 1320. The minimum Gasteiger partial charge on any atom is -0.493 e. The zero-order valence-corrected chi connectivity index (χ0v) is 18.8. The molecule has 9 heteroatoms. The maximum Gasteiger partial charge on any atom is 0.256 e. The lowest BCUT2D eigenvalue weighted by Crippen LogP contribution is -2.35. The molecule has 168 valence electrons. The van der Waals surface area contributed by atoms with Crippen molar-refractivity contribution in [2.75, 3.05) is 38.2 Å². The van der Waals surface area contributed by atoms with Crippen LogP contribution in [-0.4, -0.2) is 58.7 Å². The van der Waals surface area contributed by atoms with Gasteiger partial charge in [0.05, 0.1) is 36.4 Å². The Labute approximate surface area is 194 Å². The molecule has 2 aliphatic heterocycles. The van der Waals surface area contributed by atoms with Crippen molar-refractivity contribution in [1.82, 2.24) is 19.9 Å². The van der Waals surface area contributed by atoms with Crippen molar-refractivity contribution in [2.24, 2.45) is 0 Å². The van der Waals surface area contributed by atoms with Crippen molar-refractivity contribution in [3.63, 3.8) is 0 Å². The Hall–Kier alpha value is -3.27. The Morgan fingerprint density at radius 2 is 2.06 bits per heavy atom. The number of anilines is 1. The Morgan fingerprint density at radius 3 is 2.97 bits per heavy atom. The summed E-state index contributed by atoms with van der Waals surface area (Å²) in [5, 5.41) is 3.67. The van der Waals surface area contributed by atoms with E-state index in [0.29, 0.717) is 28.7 Å². The molecule has 0 atom stereocenters. The molecule has 0 unspecified atom stereocenters. The van der Waals surface area contributed by atoms with Crippen LogP contribution in [0.2, 0.25) is 0 Å². The summed E-state index contributed by atoms with van der Waals surface area (Å²) in [5.41, 5.74) is 7.10. The highest BCUT2D eigenvalue weighted by molar-refractivity contribution is 7.14. The van der Waals surface area contributed by atoms with Crippen LogP contribution >= 0.6 is 11.3 Å². The van der Waals surface area contributed by atoms with Gasteiger partial charge in [0.2, 0.25) is 0 Å². The summed E-state index contributed by atoms with van der Waals surface area (Å²) in [6, 6.07) is 11.8. The van der Waals surface area contributed by atoms with Gasteiger partial charge in [-0.15, -0.1) is 11.3 Å². The number of carbonyl (C=O) groups excluding carboxylic acids is 1. The number of H-pyrrole nitrogens is 1. The van der Waals surface area contributed by atoms with Gasteiger partial charge in [0.15, 0.2) is 5.82 Å². The molecule has 2 aromatic heterocycles. The van der Waals surface area contributed by atoms with E-state index in [4.69, 9.17) is 14.5 Å². The van der Waals surface area contributed by atoms with Crippen molar-refractivity contribution in [3.05, 3.63) is 58.6 Å². The van der Waals surface area contributed by atoms with Gasteiger partial charge >= 0.3 is 0 Å². The lowest BCUT2D eigenvalue weighted by Gasteiger charge is -2.26. The first-order valence-corrected chi connectivity index (χ1v) is 11.9. The number of nitrogens with one attached hydrogen (secondary N) is 2. The van der Waals surface area contributed by atoms with Crippen molar-refractivity contribution in [3.8, 4) is 17.3 Å². The van der Waals surface area contributed by atoms with Crippen LogP contribution in [0.1, 0.15) is 21.5 Å². The maximum absolute atomic E-state index is 12.9. The number of amides is 1. The molecule has 8 nitrogen and oxygen atoms in total. The van der Waals surface area contributed by atoms with Crippen LogP contribution in [0.15, 0.2) is 41.9 Å². The molecule has 0 aliphatic carbocycles. The van der Waals surface area contributed by atoms with Crippen LogP contribution < -0.4 is 10.1 Å². The second-order valence-electron chi connectivity index (χ2n) is 8.23. The van der Waals surface area contributed by atoms with E-state index >= 15 is 0 Å². The van der Waals surface area contributed by atoms with Gasteiger partial charge in [-0.1, -0.05) is 6.07 Å². The Kier molecular flexibility index (Phi) is 5.29. The SMILES string of the molecule is O=C(Nc1scnc1-c1nc2ccc(CN3CCOCC3)cc2[nH]1)c1ccc2c(c1)CCO2. The molecule has 0 bridgehead atoms. The van der Waals surface area contributed by atoms with Gasteiger partial charge in [-0.2, -0.15) is 0 Å². The molecule has 2 aromatic carbocycles. The molecule has 0 spiro atoms. The first kappa shape index (κ1) is 20.3. The average molecular weight is 462 g/mol. The third-order valence-electron chi connectivity index (χ3n) is 6.03. The lowest BCUT2D eigenvalue weighted by molar-refractivity contribution is 0.0342. The quantitative estimate of drug-likeness (QED) is 0.471. The van der Waals surface area contributed by atoms with Gasteiger partial charge in [0.1, 0.15) is 16.4 Å². The molecule has 1 saturated heterocycles. The molecule has 2 aliphatic rings. The molecular weight excluding hydrogens is 438 g/mol. The number of imidazole rings is 1. The van der Waals surface area contributed by atoms with Crippen LogP contribution in [-0.2, 0) is 17.7 Å². The number of hydrogen-bond acceptors (Lipinski definition) is 7. The van der Waals surface area contributed by atoms with Gasteiger partial charge in [0, 0.05) is 31.6 Å². The molecule has 1 fully saturated rings. The monoisotopic (exact) mass is 461 g/mol. The van der Waals surface area contributed by atoms with Crippen LogP contribution in [0, 0.1) is 0 Å². The van der Waals surface area contributed by atoms with Crippen molar-refractivity contribution < 1.29 is 14.3 Å². The van der Waals surface area contributed by atoms with Gasteiger partial charge in [0.25, 0.3) is 5.91 Å². The van der Waals surface area contributed by atoms with Crippen molar-refractivity contribution in [2.45, 2.75) is 13.0 Å². The van der Waals surface area contributed by atoms with E-state index in [2.05, 4.69) is 32.3 Å². The van der Waals surface area contributed by atoms with Crippen LogP contribution in [0.4, 0.5) is 5.00 Å². The second-order valence-corrected chi connectivity index (χ2v) is 9.09. The molecule has 4 aromatic rings. The number of thiazole rings is 1. The highest BCUT2D eigenvalue weighted by Crippen LogP contribution is 2.31. The average Bonchev–Trinajstić information content (AvgIpc) is 3.58. The molecule has 4 heterocycles. The van der Waals surface area contributed by atoms with E-state index in [1.54, 1.807) is 11.6 Å². The molecule has 6 rings (SSSR count). The second kappa shape index (κ2) is 8.58. The van der Waals surface area contributed by atoms with Gasteiger partial charge in [-0.05, 0) is 41.5 Å². The van der Waals surface area contributed by atoms with Gasteiger partial charge in [-0.3, -0.25) is 9.69 Å². The fourth-order valence-electron chi connectivity index (χ4n) is 4.29. The fraction of sp³-hybridized carbons (Fsp3) is 0.292. The number of morpholine rings is 1. The van der Waals surface area contributed by atoms with E-state index in [1.807, 2.05) is 18.2 Å². The summed E-state index contributed by atoms with van der Waals surface area (Å²) < 4.78 is 11.0. The number of nitrogens with zero attached hydrogens (tertiary/aromatic N) is 3. The zero-order valence-electron chi connectivity index (χ0n) is 18.0. The first-order chi connectivity index (χ1) is 16.2. The standard InChI is InChI=1S/C24H23N5O3S/c30-23(17-2-4-20-16(12-17)5-8-32-20)28-24-21(25-14-33-24)22-26-18-3-1-15(11-19(18)27-22)13-29-6-9-31-10-7-29/h1-4,11-12,14H,5-10,13H2,(H,26,27)(H,28,30). The maximum atomic E-state index is 12.9. The number of ether oxygens (including phenoxy) is 2. The minimum atomic E-state index is -0.167. The molecule has 2 N–H and O–H groups in total. The largest absolute Gasteiger partial charge is 0.493 e. The highest BCUT2D eigenvalue weighted by Gasteiger charge is 2.19. The van der Waals surface area contributed by atoms with Crippen LogP contribution in [0.5, 0.6) is 5.75 Å². The van der Waals surface area contributed by atoms with E-state index in [1.165, 1.54) is 16.9 Å². The topological polar surface area (TPSA) is 92.4 Å². The van der Waals surface area contributed by atoms with E-state index in [-0.39, 0.29) is 5.91 Å². The zero-order chi connectivity index (χ0) is 22.2. The number of carbonyl (C=O) groups is 1. The molecule has 33 heavy (non-hydrogen) atoms. The summed E-state index contributed by atoms with van der Waals surface area (Å²) >= 11 is 1.38. The van der Waals surface area contributed by atoms with Gasteiger partial charge in [-0.25, -0.2) is 9.97 Å². The highest BCUT2D eigenvalue weighted by atomic mass is 32.1. The number of aromatic nitrogens is 3. The summed E-state index contributed by atoms with van der Waals surface area (Å²) in [7, 11) is 0. The van der Waals surface area contributed by atoms with Gasteiger partial charge < -0.3 is 19.8 Å². The molecule has 0 radical (unpaired) electrons. The summed E-state index contributed by atoms with van der Waals surface area (Å²) in [6.45, 7) is 5.02. The van der Waals surface area contributed by atoms with Crippen molar-refractivity contribution in [1.29, 1.82) is 0 Å². The fourth-order valence-corrected chi connectivity index (χ4v) is 4.97. The molecular formula is C24H23N5O3S. The van der Waals surface area contributed by atoms with Crippen LogP contribution in [0.25, 0.3) is 22.6 Å². The molecule has 0 saturated carbocycles. The Balaban J connectivity index is 1.22. The number of rotatable bonds is 5. The summed E-state index contributed by atoms with van der Waals surface area (Å²) in [6.07, 6.45) is 0.828. The lowest BCUT2D eigenvalue weighted by atomic mass is 10.1. The summed E-state index contributed by atoms with van der Waals surface area (Å²) in [4.78, 5) is 27.8.